The number of nitrogens with zero attached hydrogens (tertiary/aromatic N) is 2. The van der Waals surface area contributed by atoms with Crippen LogP contribution >= 0.6 is 38.9 Å². The quantitative estimate of drug-likeness (QED) is 0.547. The topological polar surface area (TPSA) is 25.8 Å². The summed E-state index contributed by atoms with van der Waals surface area (Å²) in [7, 11) is 0. The van der Waals surface area contributed by atoms with E-state index in [4.69, 9.17) is 16.6 Å². The van der Waals surface area contributed by atoms with Crippen molar-refractivity contribution in [3.63, 3.8) is 0 Å². The smallest absolute Gasteiger partial charge is 0.171 e. The van der Waals surface area contributed by atoms with Gasteiger partial charge in [0.1, 0.15) is 5.15 Å². The van der Waals surface area contributed by atoms with Crippen LogP contribution in [0.5, 0.6) is 0 Å². The number of thiophene rings is 1. The number of aromatic nitrogens is 2. The Morgan fingerprint density at radius 2 is 2.10 bits per heavy atom. The van der Waals surface area contributed by atoms with Crippen LogP contribution in [0, 0.1) is 6.92 Å². The summed E-state index contributed by atoms with van der Waals surface area (Å²) in [6.45, 7) is 4.17. The van der Waals surface area contributed by atoms with Gasteiger partial charge < -0.3 is 0 Å². The maximum Gasteiger partial charge on any atom is 0.171 e. The van der Waals surface area contributed by atoms with Gasteiger partial charge in [0.15, 0.2) is 5.82 Å². The first-order valence-corrected chi connectivity index (χ1v) is 8.35. The van der Waals surface area contributed by atoms with Gasteiger partial charge in [0, 0.05) is 9.86 Å². The number of fused-ring (bicyclic) bond motifs is 1. The Hall–Kier alpha value is -0.970. The van der Waals surface area contributed by atoms with E-state index in [0.29, 0.717) is 5.15 Å². The molecule has 0 fully saturated rings. The van der Waals surface area contributed by atoms with Crippen molar-refractivity contribution < 1.29 is 0 Å². The molecule has 20 heavy (non-hydrogen) atoms. The van der Waals surface area contributed by atoms with Gasteiger partial charge in [-0.1, -0.05) is 34.5 Å². The van der Waals surface area contributed by atoms with Crippen LogP contribution in [-0.2, 0) is 6.42 Å². The lowest BCUT2D eigenvalue weighted by atomic mass is 10.1. The highest BCUT2D eigenvalue weighted by molar-refractivity contribution is 9.10. The molecule has 0 radical (unpaired) electrons. The average Bonchev–Trinajstić information content (AvgIpc) is 2.88. The third-order valence-corrected chi connectivity index (χ3v) is 4.94. The van der Waals surface area contributed by atoms with E-state index in [1.54, 1.807) is 11.3 Å². The first-order chi connectivity index (χ1) is 9.60. The molecule has 3 rings (SSSR count). The van der Waals surface area contributed by atoms with E-state index in [1.807, 2.05) is 19.1 Å². The predicted molar refractivity (Wildman–Crippen MR) is 89.7 cm³/mol. The SMILES string of the molecule is CCc1ccsc1-c1nc(Cl)c2cc(Br)cc(C)c2n1. The molecule has 0 saturated carbocycles. The summed E-state index contributed by atoms with van der Waals surface area (Å²) in [5.74, 6) is 0.722. The van der Waals surface area contributed by atoms with Gasteiger partial charge in [-0.3, -0.25) is 0 Å². The van der Waals surface area contributed by atoms with E-state index >= 15 is 0 Å². The second-order valence-corrected chi connectivity index (χ2v) is 6.78. The van der Waals surface area contributed by atoms with Crippen LogP contribution in [0.15, 0.2) is 28.1 Å². The van der Waals surface area contributed by atoms with Crippen molar-refractivity contribution in [2.45, 2.75) is 20.3 Å². The Balaban J connectivity index is 2.30. The molecule has 0 bridgehead atoms. The molecule has 1 aromatic carbocycles. The Kier molecular flexibility index (Phi) is 3.80. The zero-order chi connectivity index (χ0) is 14.3. The normalized spacial score (nSPS) is 11.2. The number of halogens is 2. The molecule has 0 aliphatic carbocycles. The second-order valence-electron chi connectivity index (χ2n) is 4.59. The molecule has 0 aliphatic heterocycles. The largest absolute Gasteiger partial charge is 0.227 e. The third kappa shape index (κ3) is 2.36. The average molecular weight is 368 g/mol. The molecule has 2 nitrogen and oxygen atoms in total. The Labute approximate surface area is 135 Å². The van der Waals surface area contributed by atoms with Gasteiger partial charge in [-0.25, -0.2) is 9.97 Å². The molecule has 0 unspecified atom stereocenters. The number of aryl methyl sites for hydroxylation is 2. The molecule has 2 heterocycles. The van der Waals surface area contributed by atoms with Gasteiger partial charge in [-0.15, -0.1) is 11.3 Å². The molecule has 3 aromatic rings. The van der Waals surface area contributed by atoms with E-state index < -0.39 is 0 Å². The summed E-state index contributed by atoms with van der Waals surface area (Å²) < 4.78 is 0.992. The van der Waals surface area contributed by atoms with Gasteiger partial charge in [-0.05, 0) is 48.1 Å². The van der Waals surface area contributed by atoms with Crippen molar-refractivity contribution in [1.82, 2.24) is 9.97 Å². The number of hydrogen-bond acceptors (Lipinski definition) is 3. The number of benzene rings is 1. The minimum absolute atomic E-state index is 0.504. The van der Waals surface area contributed by atoms with Crippen LogP contribution in [0.1, 0.15) is 18.1 Å². The number of rotatable bonds is 2. The molecule has 0 N–H and O–H groups in total. The van der Waals surface area contributed by atoms with Gasteiger partial charge >= 0.3 is 0 Å². The van der Waals surface area contributed by atoms with E-state index in [2.05, 4.69) is 39.3 Å². The van der Waals surface area contributed by atoms with Crippen molar-refractivity contribution >= 4 is 49.8 Å². The Bertz CT molecular complexity index is 798. The lowest BCUT2D eigenvalue weighted by Gasteiger charge is -2.07. The Morgan fingerprint density at radius 1 is 1.30 bits per heavy atom. The van der Waals surface area contributed by atoms with Crippen molar-refractivity contribution in [3.05, 3.63) is 44.3 Å². The first kappa shape index (κ1) is 14.0. The molecule has 0 spiro atoms. The van der Waals surface area contributed by atoms with Gasteiger partial charge in [0.2, 0.25) is 0 Å². The van der Waals surface area contributed by atoms with E-state index in [-0.39, 0.29) is 0 Å². The fourth-order valence-electron chi connectivity index (χ4n) is 2.24. The zero-order valence-electron chi connectivity index (χ0n) is 11.1. The summed E-state index contributed by atoms with van der Waals surface area (Å²) in [4.78, 5) is 10.3. The maximum atomic E-state index is 6.35. The molecule has 0 saturated heterocycles. The van der Waals surface area contributed by atoms with Crippen LogP contribution in [0.25, 0.3) is 21.6 Å². The number of hydrogen-bond donors (Lipinski definition) is 0. The van der Waals surface area contributed by atoms with E-state index in [9.17, 15) is 0 Å². The highest BCUT2D eigenvalue weighted by Crippen LogP contribution is 2.33. The standard InChI is InChI=1S/C15H12BrClN2S/c1-3-9-4-5-20-13(9)15-18-12-8(2)6-10(16)7-11(12)14(17)19-15/h4-7H,3H2,1-2H3. The summed E-state index contributed by atoms with van der Waals surface area (Å²) in [5.41, 5.74) is 3.27. The van der Waals surface area contributed by atoms with Gasteiger partial charge in [0.25, 0.3) is 0 Å². The predicted octanol–water partition coefficient (Wildman–Crippen LogP) is 5.65. The minimum Gasteiger partial charge on any atom is -0.227 e. The Morgan fingerprint density at radius 3 is 2.85 bits per heavy atom. The highest BCUT2D eigenvalue weighted by atomic mass is 79.9. The molecule has 0 atom stereocenters. The summed E-state index contributed by atoms with van der Waals surface area (Å²) >= 11 is 11.5. The van der Waals surface area contributed by atoms with Crippen LogP contribution in [0.2, 0.25) is 5.15 Å². The highest BCUT2D eigenvalue weighted by Gasteiger charge is 2.13. The second kappa shape index (κ2) is 5.43. The van der Waals surface area contributed by atoms with Crippen molar-refractivity contribution in [1.29, 1.82) is 0 Å². The van der Waals surface area contributed by atoms with E-state index in [1.165, 1.54) is 5.56 Å². The third-order valence-electron chi connectivity index (χ3n) is 3.24. The van der Waals surface area contributed by atoms with Crippen LogP contribution in [0.4, 0.5) is 0 Å². The van der Waals surface area contributed by atoms with Gasteiger partial charge in [0.05, 0.1) is 10.4 Å². The van der Waals surface area contributed by atoms with E-state index in [0.717, 1.165) is 38.1 Å². The molecule has 102 valence electrons. The van der Waals surface area contributed by atoms with Crippen molar-refractivity contribution in [2.75, 3.05) is 0 Å². The van der Waals surface area contributed by atoms with Gasteiger partial charge in [-0.2, -0.15) is 0 Å². The molecule has 0 amide bonds. The fourth-order valence-corrected chi connectivity index (χ4v) is 3.96. The fraction of sp³-hybridized carbons (Fsp3) is 0.200. The monoisotopic (exact) mass is 366 g/mol. The van der Waals surface area contributed by atoms with Crippen molar-refractivity contribution in [3.8, 4) is 10.7 Å². The maximum absolute atomic E-state index is 6.35. The molecular formula is C15H12BrClN2S. The minimum atomic E-state index is 0.504. The van der Waals surface area contributed by atoms with Crippen LogP contribution in [0.3, 0.4) is 0 Å². The van der Waals surface area contributed by atoms with Crippen LogP contribution in [-0.4, -0.2) is 9.97 Å². The zero-order valence-corrected chi connectivity index (χ0v) is 14.2. The summed E-state index contributed by atoms with van der Waals surface area (Å²) in [6, 6.07) is 6.13. The molecule has 5 heteroatoms. The summed E-state index contributed by atoms with van der Waals surface area (Å²) in [6.07, 6.45) is 0.969. The molecule has 2 aromatic heterocycles. The van der Waals surface area contributed by atoms with Crippen LogP contribution < -0.4 is 0 Å². The summed E-state index contributed by atoms with van der Waals surface area (Å²) in [5, 5.41) is 3.46. The van der Waals surface area contributed by atoms with Crippen molar-refractivity contribution in [2.24, 2.45) is 0 Å². The first-order valence-electron chi connectivity index (χ1n) is 6.30. The molecular weight excluding hydrogens is 356 g/mol. The lowest BCUT2D eigenvalue weighted by Crippen LogP contribution is -1.94. The molecule has 0 aliphatic rings. The lowest BCUT2D eigenvalue weighted by molar-refractivity contribution is 1.14.